The van der Waals surface area contributed by atoms with Crippen molar-refractivity contribution >= 4 is 5.91 Å². The molecule has 0 bridgehead atoms. The number of nitrogens with zero attached hydrogens (tertiary/aromatic N) is 1. The molecule has 28 heavy (non-hydrogen) atoms. The standard InChI is InChI=1S/C21H22N4O3/c1-13-10-15(6-7-19(13)26)18-12-17(24-21(28)25-18)14-4-2-5-16(11-14)20(27)23-9-3-8-22/h2,4-7,10-12,26H,3,8-9,22H2,1H3,(H,23,27)(H,24,25,28). The third kappa shape index (κ3) is 4.44. The molecule has 7 nitrogen and oxygen atoms in total. The van der Waals surface area contributed by atoms with Crippen LogP contribution < -0.4 is 16.7 Å². The average Bonchev–Trinajstić information content (AvgIpc) is 2.70. The minimum absolute atomic E-state index is 0.183. The third-order valence-corrected chi connectivity index (χ3v) is 4.34. The lowest BCUT2D eigenvalue weighted by molar-refractivity contribution is 0.0953. The van der Waals surface area contributed by atoms with Crippen LogP contribution in [-0.4, -0.2) is 34.1 Å². The van der Waals surface area contributed by atoms with Crippen LogP contribution in [-0.2, 0) is 0 Å². The summed E-state index contributed by atoms with van der Waals surface area (Å²) in [7, 11) is 0. The highest BCUT2D eigenvalue weighted by Gasteiger charge is 2.10. The van der Waals surface area contributed by atoms with E-state index in [0.29, 0.717) is 47.6 Å². The Bertz CT molecular complexity index is 1060. The number of aromatic amines is 1. The van der Waals surface area contributed by atoms with Crippen LogP contribution in [0.3, 0.4) is 0 Å². The number of H-pyrrole nitrogens is 1. The minimum Gasteiger partial charge on any atom is -0.508 e. The summed E-state index contributed by atoms with van der Waals surface area (Å²) < 4.78 is 0. The van der Waals surface area contributed by atoms with Crippen LogP contribution in [0.1, 0.15) is 22.3 Å². The van der Waals surface area contributed by atoms with Crippen LogP contribution in [0.5, 0.6) is 5.75 Å². The molecule has 0 atom stereocenters. The van der Waals surface area contributed by atoms with Crippen LogP contribution in [0, 0.1) is 6.92 Å². The molecule has 5 N–H and O–H groups in total. The van der Waals surface area contributed by atoms with Crippen molar-refractivity contribution < 1.29 is 9.90 Å². The predicted octanol–water partition coefficient (Wildman–Crippen LogP) is 2.20. The van der Waals surface area contributed by atoms with Crippen molar-refractivity contribution in [1.29, 1.82) is 0 Å². The Hall–Kier alpha value is -3.45. The normalized spacial score (nSPS) is 10.6. The number of amides is 1. The summed E-state index contributed by atoms with van der Waals surface area (Å²) in [4.78, 5) is 31.1. The molecule has 0 aliphatic carbocycles. The predicted molar refractivity (Wildman–Crippen MR) is 108 cm³/mol. The lowest BCUT2D eigenvalue weighted by Gasteiger charge is -2.09. The van der Waals surface area contributed by atoms with Gasteiger partial charge in [0.1, 0.15) is 5.75 Å². The van der Waals surface area contributed by atoms with Gasteiger partial charge >= 0.3 is 5.69 Å². The summed E-state index contributed by atoms with van der Waals surface area (Å²) in [5, 5.41) is 12.5. The van der Waals surface area contributed by atoms with Gasteiger partial charge in [-0.1, -0.05) is 12.1 Å². The van der Waals surface area contributed by atoms with E-state index in [4.69, 9.17) is 5.73 Å². The van der Waals surface area contributed by atoms with Crippen molar-refractivity contribution in [2.24, 2.45) is 5.73 Å². The number of rotatable bonds is 6. The molecule has 1 aromatic heterocycles. The average molecular weight is 378 g/mol. The van der Waals surface area contributed by atoms with Crippen molar-refractivity contribution in [2.45, 2.75) is 13.3 Å². The van der Waals surface area contributed by atoms with E-state index in [1.165, 1.54) is 0 Å². The SMILES string of the molecule is Cc1cc(-c2cc(-c3cccc(C(=O)NCCCN)c3)[nH]c(=O)n2)ccc1O. The second-order valence-corrected chi connectivity index (χ2v) is 6.47. The molecule has 0 radical (unpaired) electrons. The van der Waals surface area contributed by atoms with Gasteiger partial charge in [-0.15, -0.1) is 0 Å². The molecular formula is C21H22N4O3. The molecule has 1 heterocycles. The molecule has 0 spiro atoms. The summed E-state index contributed by atoms with van der Waals surface area (Å²) in [6.07, 6.45) is 0.707. The smallest absolute Gasteiger partial charge is 0.345 e. The highest BCUT2D eigenvalue weighted by atomic mass is 16.3. The van der Waals surface area contributed by atoms with E-state index in [2.05, 4.69) is 15.3 Å². The number of aromatic hydroxyl groups is 1. The van der Waals surface area contributed by atoms with E-state index in [9.17, 15) is 14.7 Å². The van der Waals surface area contributed by atoms with Crippen LogP contribution in [0.25, 0.3) is 22.5 Å². The Morgan fingerprint density at radius 3 is 2.75 bits per heavy atom. The Kier molecular flexibility index (Phi) is 5.86. The number of carbonyl (C=O) groups excluding carboxylic acids is 1. The van der Waals surface area contributed by atoms with E-state index < -0.39 is 5.69 Å². The van der Waals surface area contributed by atoms with E-state index in [1.54, 1.807) is 49.4 Å². The fourth-order valence-corrected chi connectivity index (χ4v) is 2.81. The lowest BCUT2D eigenvalue weighted by Crippen LogP contribution is -2.25. The molecule has 144 valence electrons. The van der Waals surface area contributed by atoms with Crippen molar-refractivity contribution in [1.82, 2.24) is 15.3 Å². The first-order valence-electron chi connectivity index (χ1n) is 8.98. The monoisotopic (exact) mass is 378 g/mol. The second kappa shape index (κ2) is 8.49. The van der Waals surface area contributed by atoms with Gasteiger partial charge in [0.2, 0.25) is 0 Å². The minimum atomic E-state index is -0.490. The Balaban J connectivity index is 1.95. The van der Waals surface area contributed by atoms with Gasteiger partial charge in [0.15, 0.2) is 0 Å². The summed E-state index contributed by atoms with van der Waals surface area (Å²) in [5.41, 5.74) is 8.60. The molecule has 7 heteroatoms. The maximum atomic E-state index is 12.3. The number of phenols is 1. The highest BCUT2D eigenvalue weighted by molar-refractivity contribution is 5.95. The zero-order valence-electron chi connectivity index (χ0n) is 15.5. The van der Waals surface area contributed by atoms with E-state index >= 15 is 0 Å². The van der Waals surface area contributed by atoms with Crippen LogP contribution in [0.2, 0.25) is 0 Å². The fourth-order valence-electron chi connectivity index (χ4n) is 2.81. The number of hydrogen-bond donors (Lipinski definition) is 4. The number of nitrogens with two attached hydrogens (primary N) is 1. The van der Waals surface area contributed by atoms with E-state index in [0.717, 1.165) is 5.56 Å². The van der Waals surface area contributed by atoms with Crippen LogP contribution in [0.15, 0.2) is 53.3 Å². The molecule has 0 aliphatic rings. The molecule has 1 amide bonds. The fraction of sp³-hybridized carbons (Fsp3) is 0.190. The molecule has 3 aromatic rings. The maximum Gasteiger partial charge on any atom is 0.345 e. The number of nitrogens with one attached hydrogen (secondary N) is 2. The number of phenolic OH excluding ortho intramolecular Hbond substituents is 1. The summed E-state index contributed by atoms with van der Waals surface area (Å²) in [6.45, 7) is 2.80. The van der Waals surface area contributed by atoms with Gasteiger partial charge in [-0.2, -0.15) is 4.98 Å². The molecule has 3 rings (SSSR count). The lowest BCUT2D eigenvalue weighted by atomic mass is 10.0. The van der Waals surface area contributed by atoms with Gasteiger partial charge in [-0.25, -0.2) is 4.79 Å². The number of aromatic nitrogens is 2. The van der Waals surface area contributed by atoms with Crippen molar-refractivity contribution in [3.8, 4) is 28.3 Å². The summed E-state index contributed by atoms with van der Waals surface area (Å²) in [5.74, 6) is -0.0109. The van der Waals surface area contributed by atoms with Gasteiger partial charge in [0.25, 0.3) is 5.91 Å². The highest BCUT2D eigenvalue weighted by Crippen LogP contribution is 2.26. The topological polar surface area (TPSA) is 121 Å². The Labute approximate surface area is 162 Å². The molecule has 0 saturated carbocycles. The first-order valence-corrected chi connectivity index (χ1v) is 8.98. The molecule has 0 aliphatic heterocycles. The van der Waals surface area contributed by atoms with Crippen molar-refractivity contribution in [3.05, 3.63) is 70.1 Å². The molecule has 0 saturated heterocycles. The first kappa shape index (κ1) is 19.3. The Morgan fingerprint density at radius 1 is 1.18 bits per heavy atom. The largest absolute Gasteiger partial charge is 0.508 e. The number of aryl methyl sites for hydroxylation is 1. The molecule has 2 aromatic carbocycles. The molecule has 0 unspecified atom stereocenters. The van der Waals surface area contributed by atoms with Gasteiger partial charge < -0.3 is 21.1 Å². The van der Waals surface area contributed by atoms with E-state index in [-0.39, 0.29) is 11.7 Å². The summed E-state index contributed by atoms with van der Waals surface area (Å²) in [6, 6.07) is 13.8. The Morgan fingerprint density at radius 2 is 2.00 bits per heavy atom. The van der Waals surface area contributed by atoms with Gasteiger partial charge in [0.05, 0.1) is 11.4 Å². The van der Waals surface area contributed by atoms with Gasteiger partial charge in [-0.3, -0.25) is 4.79 Å². The van der Waals surface area contributed by atoms with Crippen LogP contribution in [0.4, 0.5) is 0 Å². The first-order chi connectivity index (χ1) is 13.5. The van der Waals surface area contributed by atoms with Gasteiger partial charge in [-0.05, 0) is 67.4 Å². The van der Waals surface area contributed by atoms with E-state index in [1.807, 2.05) is 6.07 Å². The number of hydrogen-bond acceptors (Lipinski definition) is 5. The maximum absolute atomic E-state index is 12.3. The molecular weight excluding hydrogens is 356 g/mol. The molecule has 0 fully saturated rings. The zero-order valence-corrected chi connectivity index (χ0v) is 15.5. The number of carbonyl (C=O) groups is 1. The van der Waals surface area contributed by atoms with Crippen LogP contribution >= 0.6 is 0 Å². The zero-order chi connectivity index (χ0) is 20.1. The van der Waals surface area contributed by atoms with Gasteiger partial charge in [0, 0.05) is 17.7 Å². The van der Waals surface area contributed by atoms with Crippen molar-refractivity contribution in [2.75, 3.05) is 13.1 Å². The van der Waals surface area contributed by atoms with Crippen molar-refractivity contribution in [3.63, 3.8) is 0 Å². The number of benzene rings is 2. The second-order valence-electron chi connectivity index (χ2n) is 6.47. The third-order valence-electron chi connectivity index (χ3n) is 4.34. The summed E-state index contributed by atoms with van der Waals surface area (Å²) >= 11 is 0. The quantitative estimate of drug-likeness (QED) is 0.490.